The van der Waals surface area contributed by atoms with Crippen molar-refractivity contribution in [1.29, 1.82) is 0 Å². The molecule has 2 aliphatic heterocycles. The summed E-state index contributed by atoms with van der Waals surface area (Å²) in [6, 6.07) is 23.5. The number of hydrogen-bond donors (Lipinski definition) is 0. The van der Waals surface area contributed by atoms with Crippen LogP contribution in [-0.2, 0) is 9.53 Å². The smallest absolute Gasteiger partial charge is 0.331 e. The van der Waals surface area contributed by atoms with E-state index in [2.05, 4.69) is 0 Å². The van der Waals surface area contributed by atoms with E-state index in [1.165, 1.54) is 53.5 Å². The quantitative estimate of drug-likeness (QED) is 0.123. The molecule has 2 heterocycles. The largest absolute Gasteiger partial charge is 0.464 e. The van der Waals surface area contributed by atoms with Crippen LogP contribution in [-0.4, -0.2) is 45.4 Å². The number of halogens is 1. The van der Waals surface area contributed by atoms with Gasteiger partial charge in [0, 0.05) is 18.1 Å². The Balaban J connectivity index is 1.67. The Hall–Kier alpha value is -5.64. The van der Waals surface area contributed by atoms with Gasteiger partial charge in [0.15, 0.2) is 6.04 Å². The number of fused-ring (bicyclic) bond motifs is 2. The molecule has 4 aromatic rings. The van der Waals surface area contributed by atoms with E-state index in [0.29, 0.717) is 28.0 Å². The van der Waals surface area contributed by atoms with E-state index >= 15 is 0 Å². The zero-order chi connectivity index (χ0) is 30.2. The Morgan fingerprint density at radius 3 is 2.14 bits per heavy atom. The molecular formula is C33H24FN3O6. The van der Waals surface area contributed by atoms with E-state index in [0.717, 1.165) is 5.01 Å². The fraction of sp³-hybridized carbons (Fsp3) is 0.121. The van der Waals surface area contributed by atoms with Crippen LogP contribution >= 0.6 is 0 Å². The number of amides is 2. The molecule has 0 aliphatic carbocycles. The Labute approximate surface area is 245 Å². The highest BCUT2D eigenvalue weighted by molar-refractivity contribution is 6.21. The van der Waals surface area contributed by atoms with E-state index in [1.807, 2.05) is 0 Å². The summed E-state index contributed by atoms with van der Waals surface area (Å²) in [5.41, 5.74) is 2.38. The number of hydrogen-bond acceptors (Lipinski definition) is 7. The zero-order valence-electron chi connectivity index (χ0n) is 22.8. The van der Waals surface area contributed by atoms with Gasteiger partial charge < -0.3 is 4.74 Å². The van der Waals surface area contributed by atoms with Crippen molar-refractivity contribution in [2.24, 2.45) is 0 Å². The van der Waals surface area contributed by atoms with Crippen LogP contribution in [0.2, 0.25) is 0 Å². The standard InChI is InChI=1S/C33H24FN3O6/c1-2-43-33(40)30-29(21-13-16-24(17-14-21)37(41)42)27-19-23(34)15-12-22(27)18-28(20-8-4-3-5-9-20)35(30)36-31(38)25-10-6-7-11-26(25)32(36)39/h3-19,29-30H,2H2,1H3/t29-,30-/m0/s1. The Bertz CT molecular complexity index is 1770. The number of non-ortho nitro benzene ring substituents is 1. The fourth-order valence-electron chi connectivity index (χ4n) is 5.68. The number of esters is 1. The molecule has 0 radical (unpaired) electrons. The molecule has 2 atom stereocenters. The lowest BCUT2D eigenvalue weighted by molar-refractivity contribution is -0.384. The molecule has 0 bridgehead atoms. The minimum Gasteiger partial charge on any atom is -0.464 e. The van der Waals surface area contributed by atoms with E-state index in [9.17, 15) is 28.9 Å². The van der Waals surface area contributed by atoms with E-state index in [-0.39, 0.29) is 23.4 Å². The summed E-state index contributed by atoms with van der Waals surface area (Å²) in [5.74, 6) is -3.65. The van der Waals surface area contributed by atoms with Gasteiger partial charge in [0.2, 0.25) is 0 Å². The number of nitrogens with zero attached hydrogens (tertiary/aromatic N) is 3. The van der Waals surface area contributed by atoms with Crippen molar-refractivity contribution in [3.8, 4) is 0 Å². The molecule has 0 saturated heterocycles. The maximum Gasteiger partial charge on any atom is 0.331 e. The highest BCUT2D eigenvalue weighted by Crippen LogP contribution is 2.44. The molecule has 2 aliphatic rings. The average molecular weight is 578 g/mol. The highest BCUT2D eigenvalue weighted by Gasteiger charge is 2.49. The molecule has 0 N–H and O–H groups in total. The summed E-state index contributed by atoms with van der Waals surface area (Å²) in [7, 11) is 0. The SMILES string of the molecule is CCOC(=O)[C@@H]1[C@@H](c2ccc([N+](=O)[O-])cc2)c2cc(F)ccc2C=C(c2ccccc2)N1N1C(=O)c2ccccc2C1=O. The lowest BCUT2D eigenvalue weighted by Gasteiger charge is -2.41. The predicted molar refractivity (Wildman–Crippen MR) is 155 cm³/mol. The number of hydrazine groups is 1. The second-order valence-electron chi connectivity index (χ2n) is 10.0. The van der Waals surface area contributed by atoms with Crippen molar-refractivity contribution in [3.05, 3.63) is 146 Å². The van der Waals surface area contributed by atoms with Gasteiger partial charge in [-0.15, -0.1) is 0 Å². The van der Waals surface area contributed by atoms with Crippen molar-refractivity contribution in [2.45, 2.75) is 18.9 Å². The van der Waals surface area contributed by atoms with Gasteiger partial charge >= 0.3 is 5.97 Å². The lowest BCUT2D eigenvalue weighted by Crippen LogP contribution is -2.55. The van der Waals surface area contributed by atoms with Gasteiger partial charge in [-0.25, -0.2) is 9.18 Å². The molecule has 43 heavy (non-hydrogen) atoms. The lowest BCUT2D eigenvalue weighted by atomic mass is 9.83. The molecule has 0 spiro atoms. The first-order valence-electron chi connectivity index (χ1n) is 13.5. The van der Waals surface area contributed by atoms with E-state index in [4.69, 9.17) is 4.74 Å². The molecule has 0 aromatic heterocycles. The molecule has 0 saturated carbocycles. The van der Waals surface area contributed by atoms with Crippen molar-refractivity contribution in [2.75, 3.05) is 6.61 Å². The predicted octanol–water partition coefficient (Wildman–Crippen LogP) is 5.82. The Morgan fingerprint density at radius 1 is 0.907 bits per heavy atom. The van der Waals surface area contributed by atoms with Crippen molar-refractivity contribution in [3.63, 3.8) is 0 Å². The van der Waals surface area contributed by atoms with Crippen LogP contribution in [0.1, 0.15) is 55.8 Å². The summed E-state index contributed by atoms with van der Waals surface area (Å²) >= 11 is 0. The van der Waals surface area contributed by atoms with Gasteiger partial charge in [0.25, 0.3) is 17.5 Å². The van der Waals surface area contributed by atoms with Gasteiger partial charge in [0.05, 0.1) is 28.4 Å². The monoisotopic (exact) mass is 577 g/mol. The molecule has 4 aromatic carbocycles. The van der Waals surface area contributed by atoms with Gasteiger partial charge in [-0.3, -0.25) is 24.7 Å². The fourth-order valence-corrected chi connectivity index (χ4v) is 5.68. The van der Waals surface area contributed by atoms with Crippen LogP contribution in [0.4, 0.5) is 10.1 Å². The third kappa shape index (κ3) is 4.72. The second-order valence-corrected chi connectivity index (χ2v) is 10.0. The van der Waals surface area contributed by atoms with Crippen LogP contribution < -0.4 is 0 Å². The van der Waals surface area contributed by atoms with E-state index in [1.54, 1.807) is 61.5 Å². The van der Waals surface area contributed by atoms with Gasteiger partial charge in [-0.1, -0.05) is 60.7 Å². The molecule has 0 fully saturated rings. The number of carbonyl (C=O) groups excluding carboxylic acids is 3. The normalized spacial score (nSPS) is 17.6. The third-order valence-electron chi connectivity index (χ3n) is 7.55. The number of ether oxygens (including phenoxy) is 1. The zero-order valence-corrected chi connectivity index (χ0v) is 22.8. The maximum atomic E-state index is 14.9. The number of nitro groups is 1. The van der Waals surface area contributed by atoms with Crippen LogP contribution in [0, 0.1) is 15.9 Å². The molecule has 9 nitrogen and oxygen atoms in total. The highest BCUT2D eigenvalue weighted by atomic mass is 19.1. The van der Waals surface area contributed by atoms with Crippen molar-refractivity contribution in [1.82, 2.24) is 10.0 Å². The van der Waals surface area contributed by atoms with Crippen molar-refractivity contribution >= 4 is 35.2 Å². The van der Waals surface area contributed by atoms with Crippen LogP contribution in [0.15, 0.2) is 97.1 Å². The van der Waals surface area contributed by atoms with Crippen molar-refractivity contribution < 1.29 is 28.4 Å². The summed E-state index contributed by atoms with van der Waals surface area (Å²) in [5, 5.41) is 13.7. The Kier molecular flexibility index (Phi) is 7.03. The first kappa shape index (κ1) is 27.5. The maximum absolute atomic E-state index is 14.9. The third-order valence-corrected chi connectivity index (χ3v) is 7.55. The molecule has 0 unspecified atom stereocenters. The first-order chi connectivity index (χ1) is 20.8. The number of nitro benzene ring substituents is 1. The van der Waals surface area contributed by atoms with Crippen LogP contribution in [0.25, 0.3) is 11.8 Å². The number of carbonyl (C=O) groups is 3. The van der Waals surface area contributed by atoms with Gasteiger partial charge in [-0.2, -0.15) is 5.01 Å². The molecular weight excluding hydrogens is 553 g/mol. The number of imide groups is 1. The molecule has 10 heteroatoms. The molecule has 6 rings (SSSR count). The Morgan fingerprint density at radius 2 is 1.53 bits per heavy atom. The summed E-state index contributed by atoms with van der Waals surface area (Å²) < 4.78 is 20.5. The van der Waals surface area contributed by atoms with Gasteiger partial charge in [0.1, 0.15) is 5.82 Å². The van der Waals surface area contributed by atoms with Gasteiger partial charge in [-0.05, 0) is 59.5 Å². The second kappa shape index (κ2) is 11.0. The summed E-state index contributed by atoms with van der Waals surface area (Å²) in [6.07, 6.45) is 1.70. The van der Waals surface area contributed by atoms with Crippen LogP contribution in [0.5, 0.6) is 0 Å². The minimum absolute atomic E-state index is 0.0152. The van der Waals surface area contributed by atoms with Crippen LogP contribution in [0.3, 0.4) is 0 Å². The summed E-state index contributed by atoms with van der Waals surface area (Å²) in [4.78, 5) is 52.9. The summed E-state index contributed by atoms with van der Waals surface area (Å²) in [6.45, 7) is 1.61. The average Bonchev–Trinajstić information content (AvgIpc) is 3.17. The first-order valence-corrected chi connectivity index (χ1v) is 13.5. The number of rotatable bonds is 6. The molecule has 214 valence electrons. The number of benzene rings is 4. The minimum atomic E-state index is -1.40. The molecule has 2 amide bonds. The topological polar surface area (TPSA) is 110 Å². The van der Waals surface area contributed by atoms with E-state index < -0.39 is 40.5 Å².